The van der Waals surface area contributed by atoms with Gasteiger partial charge >= 0.3 is 0 Å². The Labute approximate surface area is 140 Å². The van der Waals surface area contributed by atoms with Gasteiger partial charge in [0.1, 0.15) is 5.75 Å². The Morgan fingerprint density at radius 3 is 2.30 bits per heavy atom. The Balaban J connectivity index is 1.77. The molecule has 0 fully saturated rings. The van der Waals surface area contributed by atoms with Crippen LogP contribution in [-0.2, 0) is 0 Å². The van der Waals surface area contributed by atoms with E-state index in [-0.39, 0.29) is 0 Å². The van der Waals surface area contributed by atoms with Crippen LogP contribution in [0.3, 0.4) is 0 Å². The van der Waals surface area contributed by atoms with Crippen LogP contribution in [0, 0.1) is 20.8 Å². The van der Waals surface area contributed by atoms with E-state index < -0.39 is 0 Å². The first kappa shape index (κ1) is 17.6. The highest BCUT2D eigenvalue weighted by molar-refractivity contribution is 5.33. The van der Waals surface area contributed by atoms with Gasteiger partial charge in [0.05, 0.1) is 6.61 Å². The van der Waals surface area contributed by atoms with Crippen molar-refractivity contribution in [2.75, 3.05) is 13.2 Å². The van der Waals surface area contributed by atoms with Crippen LogP contribution in [0.4, 0.5) is 0 Å². The van der Waals surface area contributed by atoms with Crippen molar-refractivity contribution < 1.29 is 4.74 Å². The molecule has 23 heavy (non-hydrogen) atoms. The number of hydrogen-bond donors (Lipinski definition) is 1. The van der Waals surface area contributed by atoms with Crippen LogP contribution in [0.15, 0.2) is 42.5 Å². The standard InChI is InChI=1S/C21H29NO/c1-16-8-11-20(12-9-16)23-13-5-4-6-19(15-22)21-14-17(2)7-10-18(21)3/h7-12,14,19H,4-6,13,15,22H2,1-3H3. The van der Waals surface area contributed by atoms with Gasteiger partial charge in [0.15, 0.2) is 0 Å². The van der Waals surface area contributed by atoms with Gasteiger partial charge in [0.2, 0.25) is 0 Å². The second kappa shape index (κ2) is 8.73. The van der Waals surface area contributed by atoms with Crippen LogP contribution < -0.4 is 10.5 Å². The largest absolute Gasteiger partial charge is 0.494 e. The summed E-state index contributed by atoms with van der Waals surface area (Å²) >= 11 is 0. The molecule has 2 aromatic carbocycles. The highest BCUT2D eigenvalue weighted by Gasteiger charge is 2.12. The molecular formula is C21H29NO. The molecule has 0 aliphatic heterocycles. The molecule has 124 valence electrons. The van der Waals surface area contributed by atoms with Crippen LogP contribution in [0.1, 0.15) is 47.4 Å². The van der Waals surface area contributed by atoms with Crippen molar-refractivity contribution in [2.24, 2.45) is 5.73 Å². The maximum atomic E-state index is 6.01. The quantitative estimate of drug-likeness (QED) is 0.703. The molecule has 2 nitrogen and oxygen atoms in total. The highest BCUT2D eigenvalue weighted by atomic mass is 16.5. The van der Waals surface area contributed by atoms with E-state index in [1.807, 2.05) is 12.1 Å². The summed E-state index contributed by atoms with van der Waals surface area (Å²) in [6, 6.07) is 14.9. The molecule has 0 aliphatic rings. The monoisotopic (exact) mass is 311 g/mol. The summed E-state index contributed by atoms with van der Waals surface area (Å²) in [5, 5.41) is 0. The van der Waals surface area contributed by atoms with Crippen molar-refractivity contribution in [1.82, 2.24) is 0 Å². The number of benzene rings is 2. The molecule has 2 heteroatoms. The third-order valence-electron chi connectivity index (χ3n) is 4.40. The van der Waals surface area contributed by atoms with Crippen molar-refractivity contribution in [2.45, 2.75) is 46.0 Å². The molecule has 2 rings (SSSR count). The third-order valence-corrected chi connectivity index (χ3v) is 4.40. The van der Waals surface area contributed by atoms with E-state index in [9.17, 15) is 0 Å². The number of rotatable bonds is 8. The zero-order valence-electron chi connectivity index (χ0n) is 14.6. The fraction of sp³-hybridized carbons (Fsp3) is 0.429. The first-order valence-corrected chi connectivity index (χ1v) is 8.57. The molecular weight excluding hydrogens is 282 g/mol. The van der Waals surface area contributed by atoms with Gasteiger partial charge in [-0.15, -0.1) is 0 Å². The lowest BCUT2D eigenvalue weighted by molar-refractivity contribution is 0.303. The third kappa shape index (κ3) is 5.40. The molecule has 0 spiro atoms. The van der Waals surface area contributed by atoms with Gasteiger partial charge in [0, 0.05) is 0 Å². The molecule has 0 heterocycles. The number of unbranched alkanes of at least 4 members (excludes halogenated alkanes) is 1. The average molecular weight is 311 g/mol. The predicted molar refractivity (Wildman–Crippen MR) is 98.2 cm³/mol. The molecule has 2 aromatic rings. The second-order valence-electron chi connectivity index (χ2n) is 6.45. The lowest BCUT2D eigenvalue weighted by atomic mass is 9.89. The summed E-state index contributed by atoms with van der Waals surface area (Å²) in [5.74, 6) is 1.41. The van der Waals surface area contributed by atoms with Gasteiger partial charge in [-0.05, 0) is 75.8 Å². The Bertz CT molecular complexity index is 604. The van der Waals surface area contributed by atoms with Crippen molar-refractivity contribution in [3.63, 3.8) is 0 Å². The maximum absolute atomic E-state index is 6.01. The van der Waals surface area contributed by atoms with Gasteiger partial charge in [-0.2, -0.15) is 0 Å². The molecule has 0 radical (unpaired) electrons. The van der Waals surface area contributed by atoms with Crippen LogP contribution >= 0.6 is 0 Å². The van der Waals surface area contributed by atoms with Crippen molar-refractivity contribution in [1.29, 1.82) is 0 Å². The summed E-state index contributed by atoms with van der Waals surface area (Å²) in [4.78, 5) is 0. The molecule has 0 amide bonds. The SMILES string of the molecule is Cc1ccc(OCCCCC(CN)c2cc(C)ccc2C)cc1. The molecule has 0 aromatic heterocycles. The molecule has 1 atom stereocenters. The van der Waals surface area contributed by atoms with Crippen LogP contribution in [0.2, 0.25) is 0 Å². The smallest absolute Gasteiger partial charge is 0.119 e. The zero-order valence-corrected chi connectivity index (χ0v) is 14.6. The van der Waals surface area contributed by atoms with E-state index in [0.717, 1.165) is 31.6 Å². The number of aryl methyl sites for hydroxylation is 3. The number of ether oxygens (including phenoxy) is 1. The second-order valence-corrected chi connectivity index (χ2v) is 6.45. The molecule has 0 saturated heterocycles. The van der Waals surface area contributed by atoms with E-state index in [0.29, 0.717) is 12.5 Å². The van der Waals surface area contributed by atoms with Gasteiger partial charge in [-0.25, -0.2) is 0 Å². The minimum Gasteiger partial charge on any atom is -0.494 e. The summed E-state index contributed by atoms with van der Waals surface area (Å²) in [5.41, 5.74) is 11.3. The van der Waals surface area contributed by atoms with Crippen molar-refractivity contribution >= 4 is 0 Å². The topological polar surface area (TPSA) is 35.2 Å². The van der Waals surface area contributed by atoms with E-state index in [2.05, 4.69) is 51.1 Å². The Morgan fingerprint density at radius 1 is 0.913 bits per heavy atom. The normalized spacial score (nSPS) is 12.2. The molecule has 1 unspecified atom stereocenters. The Hall–Kier alpha value is -1.80. The summed E-state index contributed by atoms with van der Waals surface area (Å²) in [7, 11) is 0. The minimum atomic E-state index is 0.453. The zero-order chi connectivity index (χ0) is 16.7. The summed E-state index contributed by atoms with van der Waals surface area (Å²) in [6.45, 7) is 7.89. The van der Waals surface area contributed by atoms with E-state index in [1.54, 1.807) is 0 Å². The predicted octanol–water partition coefficient (Wildman–Crippen LogP) is 4.90. The first-order chi connectivity index (χ1) is 11.1. The lowest BCUT2D eigenvalue weighted by Crippen LogP contribution is -2.14. The van der Waals surface area contributed by atoms with Gasteiger partial charge in [0.25, 0.3) is 0 Å². The molecule has 0 aliphatic carbocycles. The number of nitrogens with two attached hydrogens (primary N) is 1. The summed E-state index contributed by atoms with van der Waals surface area (Å²) < 4.78 is 5.79. The average Bonchev–Trinajstić information content (AvgIpc) is 2.55. The van der Waals surface area contributed by atoms with Crippen LogP contribution in [0.25, 0.3) is 0 Å². The summed E-state index contributed by atoms with van der Waals surface area (Å²) in [6.07, 6.45) is 3.33. The van der Waals surface area contributed by atoms with Gasteiger partial charge in [-0.1, -0.05) is 41.5 Å². The molecule has 0 saturated carbocycles. The molecule has 0 bridgehead atoms. The first-order valence-electron chi connectivity index (χ1n) is 8.57. The van der Waals surface area contributed by atoms with Gasteiger partial charge < -0.3 is 10.5 Å². The van der Waals surface area contributed by atoms with Crippen LogP contribution in [-0.4, -0.2) is 13.2 Å². The fourth-order valence-corrected chi connectivity index (χ4v) is 2.92. The van der Waals surface area contributed by atoms with Crippen molar-refractivity contribution in [3.8, 4) is 5.75 Å². The van der Waals surface area contributed by atoms with Gasteiger partial charge in [-0.3, -0.25) is 0 Å². The molecule has 2 N–H and O–H groups in total. The van der Waals surface area contributed by atoms with E-state index in [4.69, 9.17) is 10.5 Å². The van der Waals surface area contributed by atoms with E-state index >= 15 is 0 Å². The Kier molecular flexibility index (Phi) is 6.66. The Morgan fingerprint density at radius 2 is 1.61 bits per heavy atom. The lowest BCUT2D eigenvalue weighted by Gasteiger charge is -2.18. The van der Waals surface area contributed by atoms with E-state index in [1.165, 1.54) is 22.3 Å². The fourth-order valence-electron chi connectivity index (χ4n) is 2.92. The van der Waals surface area contributed by atoms with Crippen molar-refractivity contribution in [3.05, 3.63) is 64.7 Å². The van der Waals surface area contributed by atoms with Crippen LogP contribution in [0.5, 0.6) is 5.75 Å². The maximum Gasteiger partial charge on any atom is 0.119 e. The minimum absolute atomic E-state index is 0.453. The number of hydrogen-bond acceptors (Lipinski definition) is 2. The highest BCUT2D eigenvalue weighted by Crippen LogP contribution is 2.25.